The lowest BCUT2D eigenvalue weighted by atomic mass is 9.92. The van der Waals surface area contributed by atoms with Crippen molar-refractivity contribution in [3.8, 4) is 5.75 Å². The molecule has 34 heavy (non-hydrogen) atoms. The Labute approximate surface area is 202 Å². The van der Waals surface area contributed by atoms with Crippen LogP contribution in [0.25, 0.3) is 10.9 Å². The number of carbonyl (C=O) groups is 1. The molecule has 180 valence electrons. The van der Waals surface area contributed by atoms with Crippen molar-refractivity contribution in [1.29, 1.82) is 0 Å². The monoisotopic (exact) mass is 485 g/mol. The molecule has 3 aromatic rings. The molecule has 3 heterocycles. The van der Waals surface area contributed by atoms with Gasteiger partial charge in [-0.2, -0.15) is 4.98 Å². The highest BCUT2D eigenvalue weighted by Gasteiger charge is 2.24. The van der Waals surface area contributed by atoms with Crippen LogP contribution < -0.4 is 20.5 Å². The number of hydrogen-bond acceptors (Lipinski definition) is 8. The number of nitrogens with one attached hydrogen (secondary N) is 1. The maximum Gasteiger partial charge on any atom is 0.343 e. The fourth-order valence-electron chi connectivity index (χ4n) is 4.39. The van der Waals surface area contributed by atoms with E-state index in [0.29, 0.717) is 34.1 Å². The molecule has 1 saturated heterocycles. The van der Waals surface area contributed by atoms with Crippen LogP contribution in [0, 0.1) is 11.8 Å². The normalized spacial score (nSPS) is 18.1. The average Bonchev–Trinajstić information content (AvgIpc) is 2.81. The van der Waals surface area contributed by atoms with Crippen molar-refractivity contribution in [1.82, 2.24) is 14.5 Å². The number of aryl methyl sites for hydroxylation is 1. The molecule has 2 aromatic heterocycles. The summed E-state index contributed by atoms with van der Waals surface area (Å²) >= 11 is 6.40. The van der Waals surface area contributed by atoms with Gasteiger partial charge in [-0.25, -0.2) is 9.78 Å². The van der Waals surface area contributed by atoms with E-state index in [4.69, 9.17) is 16.3 Å². The van der Waals surface area contributed by atoms with Crippen LogP contribution in [0.2, 0.25) is 5.02 Å². The number of benzene rings is 1. The Kier molecular flexibility index (Phi) is 6.92. The molecule has 9 nitrogen and oxygen atoms in total. The molecule has 0 spiro atoms. The van der Waals surface area contributed by atoms with Gasteiger partial charge < -0.3 is 24.3 Å². The van der Waals surface area contributed by atoms with Crippen molar-refractivity contribution in [2.24, 2.45) is 18.9 Å². The van der Waals surface area contributed by atoms with Gasteiger partial charge in [-0.05, 0) is 42.5 Å². The molecule has 1 aliphatic heterocycles. The van der Waals surface area contributed by atoms with E-state index in [1.807, 2.05) is 18.2 Å². The summed E-state index contributed by atoms with van der Waals surface area (Å²) in [5.74, 6) is 1.79. The topological polar surface area (TPSA) is 98.6 Å². The Bertz CT molecular complexity index is 1270. The smallest absolute Gasteiger partial charge is 0.343 e. The van der Waals surface area contributed by atoms with E-state index in [9.17, 15) is 9.59 Å². The van der Waals surface area contributed by atoms with Crippen molar-refractivity contribution in [2.45, 2.75) is 20.3 Å². The van der Waals surface area contributed by atoms with Crippen LogP contribution in [0.5, 0.6) is 5.75 Å². The Balaban J connectivity index is 1.62. The standard InChI is InChI=1S/C24H28ClN5O4/c1-14-7-15(2)12-30(11-14)24-26-10-18(25)22(28-24)27-17-5-6-19-16(8-17)9-20(23(32)29(19)3)34-13-21(31)33-4/h5-6,8-10,14-15H,7,11-13H2,1-4H3,(H,26,27,28)/t14-,15+. The van der Waals surface area contributed by atoms with Gasteiger partial charge >= 0.3 is 5.97 Å². The number of hydrogen-bond donors (Lipinski definition) is 1. The molecule has 10 heteroatoms. The second-order valence-electron chi connectivity index (χ2n) is 8.85. The minimum absolute atomic E-state index is 0.0632. The molecule has 1 aromatic carbocycles. The maximum atomic E-state index is 12.6. The Hall–Kier alpha value is -3.33. The van der Waals surface area contributed by atoms with Gasteiger partial charge in [0.1, 0.15) is 5.02 Å². The highest BCUT2D eigenvalue weighted by molar-refractivity contribution is 6.32. The summed E-state index contributed by atoms with van der Waals surface area (Å²) < 4.78 is 11.4. The number of piperidine rings is 1. The largest absolute Gasteiger partial charge is 0.476 e. The highest BCUT2D eigenvalue weighted by Crippen LogP contribution is 2.29. The summed E-state index contributed by atoms with van der Waals surface area (Å²) in [4.78, 5) is 35.3. The number of anilines is 3. The van der Waals surface area contributed by atoms with E-state index in [0.717, 1.165) is 24.2 Å². The number of esters is 1. The van der Waals surface area contributed by atoms with Crippen molar-refractivity contribution in [2.75, 3.05) is 37.0 Å². The molecule has 2 atom stereocenters. The predicted molar refractivity (Wildman–Crippen MR) is 132 cm³/mol. The summed E-state index contributed by atoms with van der Waals surface area (Å²) in [5, 5.41) is 4.42. The number of rotatable bonds is 6. The summed E-state index contributed by atoms with van der Waals surface area (Å²) in [6.45, 7) is 5.95. The molecule has 0 amide bonds. The van der Waals surface area contributed by atoms with E-state index >= 15 is 0 Å². The number of methoxy groups -OCH3 is 1. The van der Waals surface area contributed by atoms with Gasteiger partial charge in [0.2, 0.25) is 5.95 Å². The Morgan fingerprint density at radius 1 is 1.24 bits per heavy atom. The predicted octanol–water partition coefficient (Wildman–Crippen LogP) is 3.76. The van der Waals surface area contributed by atoms with Gasteiger partial charge in [-0.15, -0.1) is 0 Å². The van der Waals surface area contributed by atoms with Gasteiger partial charge in [0.25, 0.3) is 5.56 Å². The SMILES string of the molecule is COC(=O)COc1cc2cc(Nc3nc(N4C[C@H](C)C[C@H](C)C4)ncc3Cl)ccc2n(C)c1=O. The Morgan fingerprint density at radius 2 is 1.97 bits per heavy atom. The van der Waals surface area contributed by atoms with E-state index in [-0.39, 0.29) is 17.9 Å². The van der Waals surface area contributed by atoms with Gasteiger partial charge in [0.05, 0.1) is 18.8 Å². The average molecular weight is 486 g/mol. The van der Waals surface area contributed by atoms with Gasteiger partial charge in [0.15, 0.2) is 18.2 Å². The van der Waals surface area contributed by atoms with Gasteiger partial charge in [-0.3, -0.25) is 4.79 Å². The zero-order valence-electron chi connectivity index (χ0n) is 19.7. The Morgan fingerprint density at radius 3 is 2.68 bits per heavy atom. The van der Waals surface area contributed by atoms with Crippen molar-refractivity contribution < 1.29 is 14.3 Å². The second kappa shape index (κ2) is 9.89. The van der Waals surface area contributed by atoms with Crippen LogP contribution in [-0.2, 0) is 16.6 Å². The molecule has 1 fully saturated rings. The van der Waals surface area contributed by atoms with Crippen LogP contribution >= 0.6 is 11.6 Å². The number of nitrogens with zero attached hydrogens (tertiary/aromatic N) is 4. The first kappa shape index (κ1) is 23.8. The van der Waals surface area contributed by atoms with Crippen molar-refractivity contribution in [3.05, 3.63) is 45.8 Å². The number of pyridine rings is 1. The fraction of sp³-hybridized carbons (Fsp3) is 0.417. The summed E-state index contributed by atoms with van der Waals surface area (Å²) in [7, 11) is 2.91. The second-order valence-corrected chi connectivity index (χ2v) is 9.26. The molecular formula is C24H28ClN5O4. The first-order valence-corrected chi connectivity index (χ1v) is 11.5. The fourth-order valence-corrected chi connectivity index (χ4v) is 4.53. The lowest BCUT2D eigenvalue weighted by Crippen LogP contribution is -2.39. The number of fused-ring (bicyclic) bond motifs is 1. The van der Waals surface area contributed by atoms with Crippen LogP contribution in [0.3, 0.4) is 0 Å². The summed E-state index contributed by atoms with van der Waals surface area (Å²) in [5.41, 5.74) is 1.11. The van der Waals surface area contributed by atoms with E-state index < -0.39 is 5.97 Å². The maximum absolute atomic E-state index is 12.6. The van der Waals surface area contributed by atoms with Gasteiger partial charge in [0, 0.05) is 31.2 Å². The van der Waals surface area contributed by atoms with Crippen molar-refractivity contribution >= 4 is 45.9 Å². The molecule has 0 aliphatic carbocycles. The molecule has 0 unspecified atom stereocenters. The minimum Gasteiger partial charge on any atom is -0.476 e. The molecule has 1 aliphatic rings. The minimum atomic E-state index is -0.565. The first-order valence-electron chi connectivity index (χ1n) is 11.1. The molecule has 0 saturated carbocycles. The summed E-state index contributed by atoms with van der Waals surface area (Å²) in [6, 6.07) is 7.14. The third-order valence-corrected chi connectivity index (χ3v) is 6.19. The lowest BCUT2D eigenvalue weighted by Gasteiger charge is -2.35. The van der Waals surface area contributed by atoms with E-state index in [2.05, 4.69) is 38.8 Å². The number of halogens is 1. The highest BCUT2D eigenvalue weighted by atomic mass is 35.5. The van der Waals surface area contributed by atoms with Crippen LogP contribution in [0.4, 0.5) is 17.5 Å². The van der Waals surface area contributed by atoms with E-state index in [1.54, 1.807) is 19.3 Å². The number of ether oxygens (including phenoxy) is 2. The molecule has 0 radical (unpaired) electrons. The quantitative estimate of drug-likeness (QED) is 0.527. The lowest BCUT2D eigenvalue weighted by molar-refractivity contribution is -0.142. The zero-order valence-corrected chi connectivity index (χ0v) is 20.4. The van der Waals surface area contributed by atoms with E-state index in [1.165, 1.54) is 18.1 Å². The van der Waals surface area contributed by atoms with Crippen LogP contribution in [0.15, 0.2) is 35.3 Å². The molecule has 1 N–H and O–H groups in total. The molecular weight excluding hydrogens is 458 g/mol. The third-order valence-electron chi connectivity index (χ3n) is 5.91. The summed E-state index contributed by atoms with van der Waals surface area (Å²) in [6.07, 6.45) is 2.81. The van der Waals surface area contributed by atoms with Crippen LogP contribution in [-0.4, -0.2) is 47.3 Å². The molecule has 0 bridgehead atoms. The molecule has 4 rings (SSSR count). The third kappa shape index (κ3) is 5.09. The van der Waals surface area contributed by atoms with Crippen LogP contribution in [0.1, 0.15) is 20.3 Å². The van der Waals surface area contributed by atoms with Gasteiger partial charge in [-0.1, -0.05) is 25.4 Å². The first-order chi connectivity index (χ1) is 16.2. The van der Waals surface area contributed by atoms with Crippen molar-refractivity contribution in [3.63, 3.8) is 0 Å². The number of carbonyl (C=O) groups excluding carboxylic acids is 1. The zero-order chi connectivity index (χ0) is 24.4. The number of aromatic nitrogens is 3.